The third kappa shape index (κ3) is 4.59. The Morgan fingerprint density at radius 2 is 1.86 bits per heavy atom. The Bertz CT molecular complexity index is 679. The fourth-order valence-corrected chi connectivity index (χ4v) is 1.75. The number of benzene rings is 2. The Morgan fingerprint density at radius 1 is 1.19 bits per heavy atom. The number of carbonyl (C=O) groups is 1. The molecule has 4 heteroatoms. The normalized spacial score (nSPS) is 10.3. The summed E-state index contributed by atoms with van der Waals surface area (Å²) in [5, 5.41) is 12.6. The van der Waals surface area contributed by atoms with Gasteiger partial charge in [-0.25, -0.2) is 5.43 Å². The van der Waals surface area contributed by atoms with Crippen molar-refractivity contribution in [2.24, 2.45) is 5.10 Å². The molecule has 104 valence electrons. The third-order valence-corrected chi connectivity index (χ3v) is 2.93. The molecule has 0 bridgehead atoms. The first-order valence-corrected chi connectivity index (χ1v) is 6.55. The van der Waals surface area contributed by atoms with E-state index < -0.39 is 0 Å². The summed E-state index contributed by atoms with van der Waals surface area (Å²) < 4.78 is 0. The summed E-state index contributed by atoms with van der Waals surface area (Å²) in [6.45, 7) is 2.01. The minimum atomic E-state index is -0.163. The summed E-state index contributed by atoms with van der Waals surface area (Å²) in [6.07, 6.45) is 1.85. The Morgan fingerprint density at radius 3 is 2.48 bits per heavy atom. The Labute approximate surface area is 123 Å². The molecule has 0 radical (unpaired) electrons. The molecule has 2 aromatic rings. The van der Waals surface area contributed by atoms with E-state index in [2.05, 4.69) is 10.5 Å². The van der Waals surface area contributed by atoms with Crippen molar-refractivity contribution in [3.63, 3.8) is 0 Å². The van der Waals surface area contributed by atoms with Gasteiger partial charge in [0.25, 0.3) is 0 Å². The quantitative estimate of drug-likeness (QED) is 0.689. The Hall–Kier alpha value is -2.93. The van der Waals surface area contributed by atoms with Crippen LogP contribution < -0.4 is 5.43 Å². The van der Waals surface area contributed by atoms with Gasteiger partial charge in [-0.05, 0) is 30.2 Å². The van der Waals surface area contributed by atoms with E-state index in [0.29, 0.717) is 12.0 Å². The van der Waals surface area contributed by atoms with Crippen LogP contribution in [-0.4, -0.2) is 12.1 Å². The highest BCUT2D eigenvalue weighted by Crippen LogP contribution is 2.04. The molecule has 1 amide bonds. The number of carbonyl (C=O) groups excluding carboxylic acids is 1. The molecule has 1 N–H and O–H groups in total. The van der Waals surface area contributed by atoms with Gasteiger partial charge in [0.1, 0.15) is 0 Å². The molecule has 2 rings (SSSR count). The maximum Gasteiger partial charge on any atom is 0.244 e. The molecule has 0 aliphatic rings. The number of nitrogens with one attached hydrogen (secondary N) is 1. The van der Waals surface area contributed by atoms with Crippen molar-refractivity contribution >= 4 is 12.1 Å². The topological polar surface area (TPSA) is 65.2 Å². The highest BCUT2D eigenvalue weighted by molar-refractivity contribution is 5.83. The predicted molar refractivity (Wildman–Crippen MR) is 81.8 cm³/mol. The first-order valence-electron chi connectivity index (χ1n) is 6.55. The summed E-state index contributed by atoms with van der Waals surface area (Å²) in [7, 11) is 0. The minimum absolute atomic E-state index is 0.163. The van der Waals surface area contributed by atoms with E-state index in [1.807, 2.05) is 37.3 Å². The van der Waals surface area contributed by atoms with Crippen LogP contribution in [0, 0.1) is 18.3 Å². The molecule has 0 aliphatic heterocycles. The highest BCUT2D eigenvalue weighted by Gasteiger charge is 2.01. The van der Waals surface area contributed by atoms with Gasteiger partial charge in [0.15, 0.2) is 0 Å². The van der Waals surface area contributed by atoms with E-state index >= 15 is 0 Å². The van der Waals surface area contributed by atoms with Gasteiger partial charge >= 0.3 is 0 Å². The number of hydrogen-bond donors (Lipinski definition) is 1. The molecule has 0 saturated heterocycles. The highest BCUT2D eigenvalue weighted by atomic mass is 16.2. The van der Waals surface area contributed by atoms with Crippen LogP contribution >= 0.6 is 0 Å². The molecule has 0 spiro atoms. The van der Waals surface area contributed by atoms with Crippen molar-refractivity contribution in [3.8, 4) is 6.07 Å². The zero-order valence-electron chi connectivity index (χ0n) is 11.7. The average Bonchev–Trinajstić information content (AvgIpc) is 2.50. The summed E-state index contributed by atoms with van der Waals surface area (Å²) in [5.41, 5.74) is 6.02. The van der Waals surface area contributed by atoms with Crippen molar-refractivity contribution in [2.45, 2.75) is 13.3 Å². The van der Waals surface area contributed by atoms with Crippen LogP contribution in [0.3, 0.4) is 0 Å². The predicted octanol–water partition coefficient (Wildman–Crippen LogP) is 2.56. The number of aryl methyl sites for hydroxylation is 1. The van der Waals surface area contributed by atoms with Crippen molar-refractivity contribution in [3.05, 3.63) is 70.8 Å². The molecule has 0 fully saturated rings. The van der Waals surface area contributed by atoms with Crippen LogP contribution in [0.2, 0.25) is 0 Å². The van der Waals surface area contributed by atoms with Crippen molar-refractivity contribution in [1.29, 1.82) is 5.26 Å². The van der Waals surface area contributed by atoms with Gasteiger partial charge < -0.3 is 0 Å². The van der Waals surface area contributed by atoms with Gasteiger partial charge in [0.2, 0.25) is 5.91 Å². The van der Waals surface area contributed by atoms with Gasteiger partial charge in [-0.3, -0.25) is 4.79 Å². The lowest BCUT2D eigenvalue weighted by Crippen LogP contribution is -2.19. The zero-order chi connectivity index (χ0) is 15.1. The van der Waals surface area contributed by atoms with E-state index in [1.54, 1.807) is 30.5 Å². The maximum absolute atomic E-state index is 11.7. The van der Waals surface area contributed by atoms with Crippen molar-refractivity contribution in [2.75, 3.05) is 0 Å². The van der Waals surface area contributed by atoms with Gasteiger partial charge in [-0.15, -0.1) is 0 Å². The first-order chi connectivity index (χ1) is 10.2. The van der Waals surface area contributed by atoms with Crippen LogP contribution in [0.15, 0.2) is 53.6 Å². The SMILES string of the molecule is Cc1ccc(CC(=O)NN=Cc2ccc(C#N)cc2)cc1. The lowest BCUT2D eigenvalue weighted by molar-refractivity contribution is -0.120. The molecule has 0 aliphatic carbocycles. The Balaban J connectivity index is 1.86. The second kappa shape index (κ2) is 7.01. The lowest BCUT2D eigenvalue weighted by atomic mass is 10.1. The summed E-state index contributed by atoms with van der Waals surface area (Å²) in [6, 6.07) is 16.8. The third-order valence-electron chi connectivity index (χ3n) is 2.93. The molecule has 21 heavy (non-hydrogen) atoms. The lowest BCUT2D eigenvalue weighted by Gasteiger charge is -2.01. The molecule has 0 atom stereocenters. The number of nitrogens with zero attached hydrogens (tertiary/aromatic N) is 2. The fraction of sp³-hybridized carbons (Fsp3) is 0.118. The van der Waals surface area contributed by atoms with Gasteiger partial charge in [-0.1, -0.05) is 42.0 Å². The number of nitriles is 1. The average molecular weight is 277 g/mol. The van der Waals surface area contributed by atoms with Crippen LogP contribution in [0.4, 0.5) is 0 Å². The van der Waals surface area contributed by atoms with E-state index in [0.717, 1.165) is 16.7 Å². The molecular formula is C17H15N3O. The fourth-order valence-electron chi connectivity index (χ4n) is 1.75. The molecule has 0 aromatic heterocycles. The van der Waals surface area contributed by atoms with E-state index in [1.165, 1.54) is 0 Å². The van der Waals surface area contributed by atoms with Crippen LogP contribution in [0.5, 0.6) is 0 Å². The molecule has 0 unspecified atom stereocenters. The smallest absolute Gasteiger partial charge is 0.244 e. The van der Waals surface area contributed by atoms with Gasteiger partial charge in [0.05, 0.1) is 24.3 Å². The van der Waals surface area contributed by atoms with Crippen LogP contribution in [0.1, 0.15) is 22.3 Å². The maximum atomic E-state index is 11.7. The standard InChI is InChI=1S/C17H15N3O/c1-13-2-4-14(5-3-13)10-17(21)20-19-12-16-8-6-15(11-18)7-9-16/h2-9,12H,10H2,1H3,(H,20,21). The Kier molecular flexibility index (Phi) is 4.84. The molecule has 0 saturated carbocycles. The number of hydrogen-bond acceptors (Lipinski definition) is 3. The number of hydrazone groups is 1. The van der Waals surface area contributed by atoms with E-state index in [4.69, 9.17) is 5.26 Å². The number of amides is 1. The summed E-state index contributed by atoms with van der Waals surface area (Å²) in [5.74, 6) is -0.163. The zero-order valence-corrected chi connectivity index (χ0v) is 11.7. The van der Waals surface area contributed by atoms with Crippen molar-refractivity contribution in [1.82, 2.24) is 5.43 Å². The minimum Gasteiger partial charge on any atom is -0.273 e. The van der Waals surface area contributed by atoms with Gasteiger partial charge in [-0.2, -0.15) is 10.4 Å². The van der Waals surface area contributed by atoms with E-state index in [-0.39, 0.29) is 5.91 Å². The summed E-state index contributed by atoms with van der Waals surface area (Å²) >= 11 is 0. The second-order valence-electron chi connectivity index (χ2n) is 4.69. The monoisotopic (exact) mass is 277 g/mol. The van der Waals surface area contributed by atoms with Crippen molar-refractivity contribution < 1.29 is 4.79 Å². The molecule has 2 aromatic carbocycles. The molecule has 4 nitrogen and oxygen atoms in total. The van der Waals surface area contributed by atoms with Crippen LogP contribution in [-0.2, 0) is 11.2 Å². The first kappa shape index (κ1) is 14.5. The van der Waals surface area contributed by atoms with E-state index in [9.17, 15) is 4.79 Å². The molecule has 0 heterocycles. The summed E-state index contributed by atoms with van der Waals surface area (Å²) in [4.78, 5) is 11.7. The molecular weight excluding hydrogens is 262 g/mol. The van der Waals surface area contributed by atoms with Crippen LogP contribution in [0.25, 0.3) is 0 Å². The largest absolute Gasteiger partial charge is 0.273 e. The number of rotatable bonds is 4. The second-order valence-corrected chi connectivity index (χ2v) is 4.69. The van der Waals surface area contributed by atoms with Gasteiger partial charge in [0, 0.05) is 0 Å².